The zero-order chi connectivity index (χ0) is 15.9. The second-order valence-electron chi connectivity index (χ2n) is 6.16. The molecule has 1 saturated heterocycles. The number of nitrogens with one attached hydrogen (secondary N) is 1. The van der Waals surface area contributed by atoms with Crippen LogP contribution in [0.4, 0.5) is 0 Å². The Labute approximate surface area is 138 Å². The first-order valence-corrected chi connectivity index (χ1v) is 8.31. The lowest BCUT2D eigenvalue weighted by molar-refractivity contribution is 0.182. The van der Waals surface area contributed by atoms with Crippen LogP contribution in [0.2, 0.25) is 0 Å². The number of rotatable bonds is 6. The molecule has 23 heavy (non-hydrogen) atoms. The van der Waals surface area contributed by atoms with Gasteiger partial charge in [-0.1, -0.05) is 12.1 Å². The van der Waals surface area contributed by atoms with Gasteiger partial charge in [0.25, 0.3) is 0 Å². The highest BCUT2D eigenvalue weighted by atomic mass is 16.5. The third kappa shape index (κ3) is 4.78. The van der Waals surface area contributed by atoms with Crippen LogP contribution in [-0.2, 0) is 13.1 Å². The van der Waals surface area contributed by atoms with E-state index < -0.39 is 0 Å². The van der Waals surface area contributed by atoms with E-state index in [1.807, 2.05) is 18.5 Å². The van der Waals surface area contributed by atoms with Gasteiger partial charge >= 0.3 is 0 Å². The fourth-order valence-electron chi connectivity index (χ4n) is 3.16. The van der Waals surface area contributed by atoms with E-state index >= 15 is 0 Å². The van der Waals surface area contributed by atoms with Crippen molar-refractivity contribution in [1.82, 2.24) is 15.2 Å². The van der Waals surface area contributed by atoms with Gasteiger partial charge in [0, 0.05) is 38.1 Å². The quantitative estimate of drug-likeness (QED) is 0.890. The molecule has 1 N–H and O–H groups in total. The van der Waals surface area contributed by atoms with E-state index in [9.17, 15) is 0 Å². The minimum atomic E-state index is 0.558. The van der Waals surface area contributed by atoms with Gasteiger partial charge in [0.05, 0.1) is 7.11 Å². The van der Waals surface area contributed by atoms with Crippen molar-refractivity contribution in [1.29, 1.82) is 0 Å². The van der Waals surface area contributed by atoms with Crippen molar-refractivity contribution in [3.8, 4) is 5.75 Å². The van der Waals surface area contributed by atoms with Gasteiger partial charge in [-0.3, -0.25) is 9.88 Å². The van der Waals surface area contributed by atoms with E-state index in [0.29, 0.717) is 6.04 Å². The predicted octanol–water partition coefficient (Wildman–Crippen LogP) is 2.84. The summed E-state index contributed by atoms with van der Waals surface area (Å²) in [6.07, 6.45) is 6.21. The number of methoxy groups -OCH3 is 1. The first kappa shape index (κ1) is 16.0. The smallest absolute Gasteiger partial charge is 0.119 e. The first-order chi connectivity index (χ1) is 11.3. The van der Waals surface area contributed by atoms with Gasteiger partial charge in [-0.05, 0) is 54.8 Å². The number of nitrogens with zero attached hydrogens (tertiary/aromatic N) is 2. The van der Waals surface area contributed by atoms with E-state index in [1.54, 1.807) is 7.11 Å². The number of pyridine rings is 1. The van der Waals surface area contributed by atoms with Gasteiger partial charge in [0.15, 0.2) is 0 Å². The molecule has 1 fully saturated rings. The molecule has 0 bridgehead atoms. The fraction of sp³-hybridized carbons (Fsp3) is 0.421. The predicted molar refractivity (Wildman–Crippen MR) is 92.4 cm³/mol. The van der Waals surface area contributed by atoms with Crippen molar-refractivity contribution in [3.63, 3.8) is 0 Å². The summed E-state index contributed by atoms with van der Waals surface area (Å²) in [5, 5.41) is 3.68. The molecule has 0 spiro atoms. The molecule has 0 radical (unpaired) electrons. The molecular weight excluding hydrogens is 286 g/mol. The average Bonchev–Trinajstić information content (AvgIpc) is 2.61. The molecule has 1 aromatic heterocycles. The van der Waals surface area contributed by atoms with Crippen molar-refractivity contribution < 1.29 is 4.74 Å². The minimum Gasteiger partial charge on any atom is -0.497 e. The summed E-state index contributed by atoms with van der Waals surface area (Å²) in [6.45, 7) is 4.18. The zero-order valence-corrected chi connectivity index (χ0v) is 13.7. The second-order valence-corrected chi connectivity index (χ2v) is 6.16. The molecule has 1 atom stereocenters. The molecule has 4 heteroatoms. The number of ether oxygens (including phenoxy) is 1. The molecule has 4 nitrogen and oxygen atoms in total. The summed E-state index contributed by atoms with van der Waals surface area (Å²) in [5.41, 5.74) is 2.61. The summed E-state index contributed by atoms with van der Waals surface area (Å²) >= 11 is 0. The number of aromatic nitrogens is 1. The molecule has 122 valence electrons. The molecule has 0 aliphatic carbocycles. The Kier molecular flexibility index (Phi) is 5.61. The largest absolute Gasteiger partial charge is 0.497 e. The normalized spacial score (nSPS) is 18.7. The topological polar surface area (TPSA) is 37.4 Å². The van der Waals surface area contributed by atoms with Crippen LogP contribution in [0.25, 0.3) is 0 Å². The maximum Gasteiger partial charge on any atom is 0.119 e. The van der Waals surface area contributed by atoms with Crippen LogP contribution in [0.15, 0.2) is 48.8 Å². The fourth-order valence-corrected chi connectivity index (χ4v) is 3.16. The van der Waals surface area contributed by atoms with Crippen LogP contribution in [0.3, 0.4) is 0 Å². The number of benzene rings is 1. The van der Waals surface area contributed by atoms with E-state index in [-0.39, 0.29) is 0 Å². The number of piperidine rings is 1. The summed E-state index contributed by atoms with van der Waals surface area (Å²) in [6, 6.07) is 13.1. The summed E-state index contributed by atoms with van der Waals surface area (Å²) < 4.78 is 5.32. The zero-order valence-electron chi connectivity index (χ0n) is 13.7. The molecule has 2 aromatic rings. The Morgan fingerprint density at radius 2 is 2.09 bits per heavy atom. The molecule has 1 aromatic carbocycles. The van der Waals surface area contributed by atoms with Crippen LogP contribution in [0.1, 0.15) is 24.0 Å². The van der Waals surface area contributed by atoms with Crippen molar-refractivity contribution in [2.45, 2.75) is 32.0 Å². The van der Waals surface area contributed by atoms with E-state index in [0.717, 1.165) is 25.4 Å². The Balaban J connectivity index is 1.51. The average molecular weight is 311 g/mol. The standard InChI is InChI=1S/C19H25N3O/c1-23-19-6-2-4-17(12-19)14-22-11-3-5-18(15-22)21-13-16-7-9-20-10-8-16/h2,4,6-10,12,18,21H,3,5,11,13-15H2,1H3. The maximum atomic E-state index is 5.32. The summed E-state index contributed by atoms with van der Waals surface area (Å²) in [7, 11) is 1.72. The Morgan fingerprint density at radius 1 is 1.22 bits per heavy atom. The van der Waals surface area contributed by atoms with E-state index in [2.05, 4.69) is 45.5 Å². The lowest BCUT2D eigenvalue weighted by atomic mass is 10.0. The number of hydrogen-bond donors (Lipinski definition) is 1. The molecule has 2 heterocycles. The SMILES string of the molecule is COc1cccc(CN2CCCC(NCc3ccncc3)C2)c1. The Morgan fingerprint density at radius 3 is 2.91 bits per heavy atom. The van der Waals surface area contributed by atoms with Crippen molar-refractivity contribution in [2.75, 3.05) is 20.2 Å². The molecule has 1 aliphatic heterocycles. The molecule has 1 aliphatic rings. The molecule has 0 amide bonds. The molecule has 1 unspecified atom stereocenters. The summed E-state index contributed by atoms with van der Waals surface area (Å²) in [5.74, 6) is 0.937. The lowest BCUT2D eigenvalue weighted by Gasteiger charge is -2.33. The monoisotopic (exact) mass is 311 g/mol. The van der Waals surface area contributed by atoms with Crippen molar-refractivity contribution in [2.24, 2.45) is 0 Å². The lowest BCUT2D eigenvalue weighted by Crippen LogP contribution is -2.45. The molecule has 0 saturated carbocycles. The number of likely N-dealkylation sites (tertiary alicyclic amines) is 1. The minimum absolute atomic E-state index is 0.558. The Hall–Kier alpha value is -1.91. The van der Waals surface area contributed by atoms with Gasteiger partial charge in [0.1, 0.15) is 5.75 Å². The third-order valence-corrected chi connectivity index (χ3v) is 4.39. The van der Waals surface area contributed by atoms with Gasteiger partial charge in [0.2, 0.25) is 0 Å². The van der Waals surface area contributed by atoms with Crippen molar-refractivity contribution in [3.05, 3.63) is 59.9 Å². The highest BCUT2D eigenvalue weighted by Crippen LogP contribution is 2.17. The second kappa shape index (κ2) is 8.09. The molecular formula is C19H25N3O. The maximum absolute atomic E-state index is 5.32. The Bertz CT molecular complexity index is 603. The summed E-state index contributed by atoms with van der Waals surface area (Å²) in [4.78, 5) is 6.60. The first-order valence-electron chi connectivity index (χ1n) is 8.31. The van der Waals surface area contributed by atoms with E-state index in [1.165, 1.54) is 30.5 Å². The number of hydrogen-bond acceptors (Lipinski definition) is 4. The van der Waals surface area contributed by atoms with Gasteiger partial charge in [-0.15, -0.1) is 0 Å². The van der Waals surface area contributed by atoms with Gasteiger partial charge in [-0.2, -0.15) is 0 Å². The van der Waals surface area contributed by atoms with Crippen LogP contribution in [0, 0.1) is 0 Å². The van der Waals surface area contributed by atoms with Crippen molar-refractivity contribution >= 4 is 0 Å². The van der Waals surface area contributed by atoms with Gasteiger partial charge in [-0.25, -0.2) is 0 Å². The van der Waals surface area contributed by atoms with E-state index in [4.69, 9.17) is 4.74 Å². The third-order valence-electron chi connectivity index (χ3n) is 4.39. The highest BCUT2D eigenvalue weighted by Gasteiger charge is 2.19. The van der Waals surface area contributed by atoms with Gasteiger partial charge < -0.3 is 10.1 Å². The van der Waals surface area contributed by atoms with Crippen LogP contribution < -0.4 is 10.1 Å². The van der Waals surface area contributed by atoms with Crippen LogP contribution in [-0.4, -0.2) is 36.1 Å². The highest BCUT2D eigenvalue weighted by molar-refractivity contribution is 5.28. The van der Waals surface area contributed by atoms with Crippen LogP contribution in [0.5, 0.6) is 5.75 Å². The molecule has 3 rings (SSSR count). The van der Waals surface area contributed by atoms with Crippen LogP contribution >= 0.6 is 0 Å².